The van der Waals surface area contributed by atoms with Crippen molar-refractivity contribution in [2.75, 3.05) is 18.0 Å². The monoisotopic (exact) mass is 240 g/mol. The third kappa shape index (κ3) is 2.20. The molecule has 2 N–H and O–H groups in total. The molecule has 0 radical (unpaired) electrons. The van der Waals surface area contributed by atoms with Gasteiger partial charge in [0.1, 0.15) is 5.82 Å². The lowest BCUT2D eigenvalue weighted by Gasteiger charge is -2.24. The van der Waals surface area contributed by atoms with Gasteiger partial charge in [0.2, 0.25) is 5.13 Å². The van der Waals surface area contributed by atoms with E-state index in [0.717, 1.165) is 30.3 Å². The second-order valence-electron chi connectivity index (χ2n) is 4.51. The molecule has 2 atom stereocenters. The molecule has 1 aliphatic heterocycles. The van der Waals surface area contributed by atoms with Gasteiger partial charge in [-0.1, -0.05) is 13.8 Å². The van der Waals surface area contributed by atoms with Gasteiger partial charge in [-0.3, -0.25) is 0 Å². The number of hydrogen-bond donors (Lipinski definition) is 1. The smallest absolute Gasteiger partial charge is 0.205 e. The molecular formula is C11H20N4S. The van der Waals surface area contributed by atoms with E-state index in [-0.39, 0.29) is 0 Å². The van der Waals surface area contributed by atoms with Crippen molar-refractivity contribution in [2.24, 2.45) is 11.7 Å². The van der Waals surface area contributed by atoms with Gasteiger partial charge in [0, 0.05) is 37.1 Å². The van der Waals surface area contributed by atoms with Crippen LogP contribution in [0.3, 0.4) is 0 Å². The highest BCUT2D eigenvalue weighted by molar-refractivity contribution is 7.09. The Morgan fingerprint density at radius 3 is 3.06 bits per heavy atom. The average molecular weight is 240 g/mol. The molecule has 0 saturated carbocycles. The van der Waals surface area contributed by atoms with Crippen molar-refractivity contribution in [2.45, 2.75) is 39.2 Å². The predicted octanol–water partition coefficient (Wildman–Crippen LogP) is 1.66. The van der Waals surface area contributed by atoms with Gasteiger partial charge in [0.15, 0.2) is 0 Å². The van der Waals surface area contributed by atoms with Gasteiger partial charge < -0.3 is 10.6 Å². The average Bonchev–Trinajstić information content (AvgIpc) is 2.85. The van der Waals surface area contributed by atoms with E-state index in [2.05, 4.69) is 28.1 Å². The Bertz CT molecular complexity index is 338. The lowest BCUT2D eigenvalue weighted by atomic mass is 10.0. The van der Waals surface area contributed by atoms with Crippen LogP contribution in [0, 0.1) is 5.92 Å². The Balaban J connectivity index is 2.10. The minimum Gasteiger partial charge on any atom is -0.342 e. The van der Waals surface area contributed by atoms with Gasteiger partial charge in [0.05, 0.1) is 0 Å². The fraction of sp³-hybridized carbons (Fsp3) is 0.818. The maximum Gasteiger partial charge on any atom is 0.205 e. The van der Waals surface area contributed by atoms with Gasteiger partial charge in [-0.25, -0.2) is 4.98 Å². The first kappa shape index (κ1) is 11.8. The van der Waals surface area contributed by atoms with Crippen LogP contribution in [-0.2, 0) is 6.42 Å². The highest BCUT2D eigenvalue weighted by Crippen LogP contribution is 2.30. The van der Waals surface area contributed by atoms with Crippen molar-refractivity contribution in [3.63, 3.8) is 0 Å². The second kappa shape index (κ2) is 5.10. The maximum atomic E-state index is 5.83. The lowest BCUT2D eigenvalue weighted by molar-refractivity contribution is 0.518. The zero-order chi connectivity index (χ0) is 11.5. The molecule has 0 aromatic carbocycles. The fourth-order valence-electron chi connectivity index (χ4n) is 2.29. The molecule has 16 heavy (non-hydrogen) atoms. The summed E-state index contributed by atoms with van der Waals surface area (Å²) in [5.41, 5.74) is 5.83. The summed E-state index contributed by atoms with van der Waals surface area (Å²) >= 11 is 1.52. The standard InChI is InChI=1S/C11H20N4S/c1-3-4-10-13-11(16-14-10)15-6-5-8(2)9(15)7-12/h8-9H,3-7,12H2,1-2H3. The fourth-order valence-corrected chi connectivity index (χ4v) is 3.09. The molecule has 0 bridgehead atoms. The van der Waals surface area contributed by atoms with Crippen LogP contribution in [0.4, 0.5) is 5.13 Å². The minimum absolute atomic E-state index is 0.447. The summed E-state index contributed by atoms with van der Waals surface area (Å²) in [7, 11) is 0. The SMILES string of the molecule is CCCc1nsc(N2CCC(C)C2CN)n1. The molecule has 0 amide bonds. The zero-order valence-electron chi connectivity index (χ0n) is 10.0. The van der Waals surface area contributed by atoms with E-state index in [1.807, 2.05) is 0 Å². The van der Waals surface area contributed by atoms with Crippen molar-refractivity contribution < 1.29 is 0 Å². The number of anilines is 1. The van der Waals surface area contributed by atoms with Crippen LogP contribution in [0.25, 0.3) is 0 Å². The highest BCUT2D eigenvalue weighted by Gasteiger charge is 2.31. The van der Waals surface area contributed by atoms with E-state index >= 15 is 0 Å². The molecule has 0 spiro atoms. The molecule has 4 nitrogen and oxygen atoms in total. The summed E-state index contributed by atoms with van der Waals surface area (Å²) < 4.78 is 4.39. The molecule has 0 aliphatic carbocycles. The van der Waals surface area contributed by atoms with E-state index in [0.29, 0.717) is 18.5 Å². The molecule has 2 heterocycles. The van der Waals surface area contributed by atoms with Crippen LogP contribution in [0.15, 0.2) is 0 Å². The van der Waals surface area contributed by atoms with E-state index in [4.69, 9.17) is 5.73 Å². The largest absolute Gasteiger partial charge is 0.342 e. The van der Waals surface area contributed by atoms with Crippen molar-refractivity contribution in [3.8, 4) is 0 Å². The first-order chi connectivity index (χ1) is 7.76. The molecule has 1 fully saturated rings. The normalized spacial score (nSPS) is 25.3. The van der Waals surface area contributed by atoms with Gasteiger partial charge in [-0.05, 0) is 18.8 Å². The summed E-state index contributed by atoms with van der Waals surface area (Å²) in [5.74, 6) is 1.65. The van der Waals surface area contributed by atoms with Crippen molar-refractivity contribution in [1.82, 2.24) is 9.36 Å². The number of nitrogens with zero attached hydrogens (tertiary/aromatic N) is 3. The maximum absolute atomic E-state index is 5.83. The third-order valence-corrected chi connectivity index (χ3v) is 4.09. The Hall–Kier alpha value is -0.680. The summed E-state index contributed by atoms with van der Waals surface area (Å²) in [4.78, 5) is 6.93. The van der Waals surface area contributed by atoms with Gasteiger partial charge in [0.25, 0.3) is 0 Å². The molecule has 1 aromatic heterocycles. The number of hydrogen-bond acceptors (Lipinski definition) is 5. The number of aromatic nitrogens is 2. The van der Waals surface area contributed by atoms with E-state index < -0.39 is 0 Å². The zero-order valence-corrected chi connectivity index (χ0v) is 10.8. The Labute approximate surface area is 101 Å². The molecule has 1 saturated heterocycles. The minimum atomic E-state index is 0.447. The lowest BCUT2D eigenvalue weighted by Crippen LogP contribution is -2.38. The number of aryl methyl sites for hydroxylation is 1. The van der Waals surface area contributed by atoms with Gasteiger partial charge in [-0.15, -0.1) is 0 Å². The van der Waals surface area contributed by atoms with Gasteiger partial charge in [-0.2, -0.15) is 4.37 Å². The first-order valence-corrected chi connectivity index (χ1v) is 6.83. The van der Waals surface area contributed by atoms with Crippen molar-refractivity contribution in [3.05, 3.63) is 5.82 Å². The molecule has 2 rings (SSSR count). The first-order valence-electron chi connectivity index (χ1n) is 6.05. The Morgan fingerprint density at radius 2 is 2.38 bits per heavy atom. The summed E-state index contributed by atoms with van der Waals surface area (Å²) in [6.07, 6.45) is 3.30. The van der Waals surface area contributed by atoms with Crippen LogP contribution in [-0.4, -0.2) is 28.5 Å². The predicted molar refractivity (Wildman–Crippen MR) is 67.9 cm³/mol. The molecule has 90 valence electrons. The summed E-state index contributed by atoms with van der Waals surface area (Å²) in [6, 6.07) is 0.447. The quantitative estimate of drug-likeness (QED) is 0.869. The number of nitrogens with two attached hydrogens (primary N) is 1. The second-order valence-corrected chi connectivity index (χ2v) is 5.24. The topological polar surface area (TPSA) is 55.0 Å². The summed E-state index contributed by atoms with van der Waals surface area (Å²) in [6.45, 7) is 6.21. The third-order valence-electron chi connectivity index (χ3n) is 3.30. The van der Waals surface area contributed by atoms with Gasteiger partial charge >= 0.3 is 0 Å². The van der Waals surface area contributed by atoms with Crippen LogP contribution in [0.1, 0.15) is 32.5 Å². The molecule has 5 heteroatoms. The summed E-state index contributed by atoms with van der Waals surface area (Å²) in [5, 5.41) is 1.06. The molecule has 1 aliphatic rings. The Morgan fingerprint density at radius 1 is 1.56 bits per heavy atom. The van der Waals surface area contributed by atoms with Crippen LogP contribution < -0.4 is 10.6 Å². The molecule has 1 aromatic rings. The van der Waals surface area contributed by atoms with Crippen LogP contribution >= 0.6 is 11.5 Å². The molecule has 2 unspecified atom stereocenters. The number of rotatable bonds is 4. The van der Waals surface area contributed by atoms with Crippen molar-refractivity contribution >= 4 is 16.7 Å². The Kier molecular flexibility index (Phi) is 3.76. The van der Waals surface area contributed by atoms with E-state index in [1.54, 1.807) is 0 Å². The van der Waals surface area contributed by atoms with E-state index in [1.165, 1.54) is 18.0 Å². The van der Waals surface area contributed by atoms with Crippen LogP contribution in [0.5, 0.6) is 0 Å². The van der Waals surface area contributed by atoms with Crippen LogP contribution in [0.2, 0.25) is 0 Å². The molecular weight excluding hydrogens is 220 g/mol. The van der Waals surface area contributed by atoms with E-state index in [9.17, 15) is 0 Å². The van der Waals surface area contributed by atoms with Crippen molar-refractivity contribution in [1.29, 1.82) is 0 Å². The highest BCUT2D eigenvalue weighted by atomic mass is 32.1.